The van der Waals surface area contributed by atoms with Gasteiger partial charge in [-0.15, -0.1) is 5.10 Å². The van der Waals surface area contributed by atoms with Crippen molar-refractivity contribution in [3.63, 3.8) is 0 Å². The fourth-order valence-corrected chi connectivity index (χ4v) is 4.47. The Bertz CT molecular complexity index is 1370. The summed E-state index contributed by atoms with van der Waals surface area (Å²) in [5, 5.41) is 18.5. The molecule has 4 aromatic rings. The van der Waals surface area contributed by atoms with Crippen molar-refractivity contribution in [2.75, 3.05) is 15.8 Å². The topological polar surface area (TPSA) is 145 Å². The standard InChI is InChI=1S/C20H19N7O4S2/c1-13-14(2)23-31-19(13)24-33(29,30)17-10-8-15(9-11-17)21-18(28)12-32-20-22-25-26-27(20)16-6-4-3-5-7-16/h3-11,24H,12H2,1-2H3,(H,21,28). The monoisotopic (exact) mass is 485 g/mol. The number of hydrogen-bond acceptors (Lipinski definition) is 9. The van der Waals surface area contributed by atoms with Gasteiger partial charge in [0.2, 0.25) is 16.9 Å². The highest BCUT2D eigenvalue weighted by Gasteiger charge is 2.19. The molecule has 0 atom stereocenters. The number of aryl methyl sites for hydroxylation is 1. The maximum absolute atomic E-state index is 12.6. The van der Waals surface area contributed by atoms with Gasteiger partial charge in [-0.3, -0.25) is 4.79 Å². The van der Waals surface area contributed by atoms with Gasteiger partial charge in [0, 0.05) is 11.3 Å². The number of carbonyl (C=O) groups excluding carboxylic acids is 1. The Labute approximate surface area is 193 Å². The second kappa shape index (κ2) is 9.42. The van der Waals surface area contributed by atoms with E-state index in [-0.39, 0.29) is 22.4 Å². The van der Waals surface area contributed by atoms with E-state index in [1.165, 1.54) is 36.0 Å². The average molecular weight is 486 g/mol. The number of carbonyl (C=O) groups is 1. The van der Waals surface area contributed by atoms with Gasteiger partial charge in [-0.05, 0) is 60.7 Å². The van der Waals surface area contributed by atoms with Crippen LogP contribution in [-0.4, -0.2) is 45.4 Å². The number of anilines is 2. The van der Waals surface area contributed by atoms with Crippen molar-refractivity contribution in [3.05, 3.63) is 65.9 Å². The van der Waals surface area contributed by atoms with E-state index >= 15 is 0 Å². The largest absolute Gasteiger partial charge is 0.337 e. The van der Waals surface area contributed by atoms with E-state index in [0.29, 0.717) is 22.1 Å². The van der Waals surface area contributed by atoms with Crippen LogP contribution in [-0.2, 0) is 14.8 Å². The molecule has 0 bridgehead atoms. The summed E-state index contributed by atoms with van der Waals surface area (Å²) in [4.78, 5) is 12.4. The summed E-state index contributed by atoms with van der Waals surface area (Å²) < 4.78 is 34.1. The SMILES string of the molecule is Cc1noc(NS(=O)(=O)c2ccc(NC(=O)CSc3nnnn3-c3ccccc3)cc2)c1C. The van der Waals surface area contributed by atoms with E-state index in [0.717, 1.165) is 5.69 Å². The number of nitrogens with zero attached hydrogens (tertiary/aromatic N) is 5. The number of sulfonamides is 1. The first-order valence-corrected chi connectivity index (χ1v) is 12.1. The van der Waals surface area contributed by atoms with Crippen molar-refractivity contribution in [1.82, 2.24) is 25.4 Å². The molecule has 4 rings (SSSR count). The third-order valence-electron chi connectivity index (χ3n) is 4.61. The van der Waals surface area contributed by atoms with E-state index in [9.17, 15) is 13.2 Å². The van der Waals surface area contributed by atoms with Crippen LogP contribution in [0.5, 0.6) is 0 Å². The van der Waals surface area contributed by atoms with Gasteiger partial charge in [-0.25, -0.2) is 13.1 Å². The van der Waals surface area contributed by atoms with Crippen LogP contribution >= 0.6 is 11.8 Å². The third kappa shape index (κ3) is 5.21. The van der Waals surface area contributed by atoms with Gasteiger partial charge in [-0.1, -0.05) is 35.1 Å². The molecule has 2 heterocycles. The van der Waals surface area contributed by atoms with E-state index in [1.54, 1.807) is 18.5 Å². The number of rotatable bonds is 8. The van der Waals surface area contributed by atoms with Gasteiger partial charge >= 0.3 is 0 Å². The molecule has 2 aromatic heterocycles. The zero-order valence-electron chi connectivity index (χ0n) is 17.6. The minimum atomic E-state index is -3.86. The molecule has 0 aliphatic rings. The second-order valence-corrected chi connectivity index (χ2v) is 9.52. The van der Waals surface area contributed by atoms with Crippen LogP contribution in [0.25, 0.3) is 5.69 Å². The molecule has 0 radical (unpaired) electrons. The molecule has 2 aromatic carbocycles. The lowest BCUT2D eigenvalue weighted by Crippen LogP contribution is -2.15. The maximum Gasteiger partial charge on any atom is 0.264 e. The minimum Gasteiger partial charge on any atom is -0.337 e. The van der Waals surface area contributed by atoms with Crippen molar-refractivity contribution in [3.8, 4) is 5.69 Å². The first-order valence-electron chi connectivity index (χ1n) is 9.66. The number of hydrogen-bond donors (Lipinski definition) is 2. The molecule has 0 unspecified atom stereocenters. The van der Waals surface area contributed by atoms with Gasteiger partial charge in [0.1, 0.15) is 0 Å². The van der Waals surface area contributed by atoms with Crippen molar-refractivity contribution in [2.45, 2.75) is 23.9 Å². The third-order valence-corrected chi connectivity index (χ3v) is 6.87. The lowest BCUT2D eigenvalue weighted by atomic mass is 10.3. The summed E-state index contributed by atoms with van der Waals surface area (Å²) >= 11 is 1.18. The van der Waals surface area contributed by atoms with E-state index in [2.05, 4.69) is 30.7 Å². The molecule has 0 saturated carbocycles. The van der Waals surface area contributed by atoms with Crippen LogP contribution in [0.3, 0.4) is 0 Å². The van der Waals surface area contributed by atoms with Crippen LogP contribution in [0.15, 0.2) is 69.2 Å². The average Bonchev–Trinajstić information content (AvgIpc) is 3.40. The number of aromatic nitrogens is 5. The molecular weight excluding hydrogens is 466 g/mol. The van der Waals surface area contributed by atoms with E-state index in [1.807, 2.05) is 30.3 Å². The van der Waals surface area contributed by atoms with Gasteiger partial charge in [-0.2, -0.15) is 4.68 Å². The number of tetrazole rings is 1. The van der Waals surface area contributed by atoms with Crippen molar-refractivity contribution >= 4 is 39.3 Å². The number of nitrogens with one attached hydrogen (secondary N) is 2. The smallest absolute Gasteiger partial charge is 0.264 e. The van der Waals surface area contributed by atoms with E-state index < -0.39 is 10.0 Å². The van der Waals surface area contributed by atoms with Crippen LogP contribution in [0.2, 0.25) is 0 Å². The van der Waals surface area contributed by atoms with Gasteiger partial charge in [0.05, 0.1) is 22.0 Å². The van der Waals surface area contributed by atoms with E-state index in [4.69, 9.17) is 4.52 Å². The molecule has 2 N–H and O–H groups in total. The summed E-state index contributed by atoms with van der Waals surface area (Å²) in [6.45, 7) is 3.42. The first kappa shape index (κ1) is 22.5. The highest BCUT2D eigenvalue weighted by molar-refractivity contribution is 7.99. The minimum absolute atomic E-state index is 0.0189. The highest BCUT2D eigenvalue weighted by atomic mass is 32.2. The molecule has 0 spiro atoms. The van der Waals surface area contributed by atoms with Gasteiger partial charge < -0.3 is 9.84 Å². The van der Waals surface area contributed by atoms with Crippen molar-refractivity contribution in [2.24, 2.45) is 0 Å². The lowest BCUT2D eigenvalue weighted by molar-refractivity contribution is -0.113. The summed E-state index contributed by atoms with van der Waals surface area (Å²) in [6, 6.07) is 15.1. The Hall–Kier alpha value is -3.71. The number of benzene rings is 2. The van der Waals surface area contributed by atoms with Crippen LogP contribution in [0.4, 0.5) is 11.6 Å². The van der Waals surface area contributed by atoms with Crippen molar-refractivity contribution < 1.29 is 17.7 Å². The molecular formula is C20H19N7O4S2. The molecule has 0 fully saturated rings. The molecule has 1 amide bonds. The fraction of sp³-hybridized carbons (Fsp3) is 0.150. The normalized spacial score (nSPS) is 11.3. The summed E-state index contributed by atoms with van der Waals surface area (Å²) in [5.74, 6) is -0.150. The Morgan fingerprint density at radius 2 is 1.82 bits per heavy atom. The summed E-state index contributed by atoms with van der Waals surface area (Å²) in [6.07, 6.45) is 0. The predicted molar refractivity (Wildman–Crippen MR) is 122 cm³/mol. The Kier molecular flexibility index (Phi) is 6.42. The Morgan fingerprint density at radius 1 is 1.09 bits per heavy atom. The van der Waals surface area contributed by atoms with Gasteiger partial charge in [0.25, 0.3) is 10.0 Å². The fourth-order valence-electron chi connectivity index (χ4n) is 2.74. The quantitative estimate of drug-likeness (QED) is 0.360. The maximum atomic E-state index is 12.6. The summed E-state index contributed by atoms with van der Waals surface area (Å²) in [5.41, 5.74) is 2.44. The molecule has 0 aliphatic carbocycles. The van der Waals surface area contributed by atoms with Crippen LogP contribution < -0.4 is 10.0 Å². The molecule has 0 aliphatic heterocycles. The molecule has 170 valence electrons. The van der Waals surface area contributed by atoms with Crippen molar-refractivity contribution in [1.29, 1.82) is 0 Å². The van der Waals surface area contributed by atoms with Crippen LogP contribution in [0, 0.1) is 13.8 Å². The first-order chi connectivity index (χ1) is 15.8. The van der Waals surface area contributed by atoms with Crippen LogP contribution in [0.1, 0.15) is 11.3 Å². The highest BCUT2D eigenvalue weighted by Crippen LogP contribution is 2.23. The zero-order chi connectivity index (χ0) is 23.4. The molecule has 11 nitrogen and oxygen atoms in total. The number of thioether (sulfide) groups is 1. The number of amides is 1. The second-order valence-electron chi connectivity index (χ2n) is 6.90. The molecule has 33 heavy (non-hydrogen) atoms. The predicted octanol–water partition coefficient (Wildman–Crippen LogP) is 2.80. The zero-order valence-corrected chi connectivity index (χ0v) is 19.2. The lowest BCUT2D eigenvalue weighted by Gasteiger charge is -2.08. The summed E-state index contributed by atoms with van der Waals surface area (Å²) in [7, 11) is -3.86. The molecule has 0 saturated heterocycles. The Balaban J connectivity index is 1.36. The van der Waals surface area contributed by atoms with Gasteiger partial charge in [0.15, 0.2) is 0 Å². The number of para-hydroxylation sites is 1. The molecule has 13 heteroatoms. The Morgan fingerprint density at radius 3 is 2.48 bits per heavy atom.